The van der Waals surface area contributed by atoms with E-state index in [-0.39, 0.29) is 19.1 Å². The van der Waals surface area contributed by atoms with Crippen LogP contribution >= 0.6 is 0 Å². The monoisotopic (exact) mass is 290 g/mol. The van der Waals surface area contributed by atoms with Crippen LogP contribution in [0.25, 0.3) is 0 Å². The third kappa shape index (κ3) is 3.61. The lowest BCUT2D eigenvalue weighted by Crippen LogP contribution is -2.42. The van der Waals surface area contributed by atoms with Crippen molar-refractivity contribution in [2.24, 2.45) is 0 Å². The Morgan fingerprint density at radius 3 is 2.25 bits per heavy atom. The van der Waals surface area contributed by atoms with Crippen LogP contribution in [0.5, 0.6) is 5.75 Å². The van der Waals surface area contributed by atoms with Crippen molar-refractivity contribution in [3.05, 3.63) is 29.3 Å². The van der Waals surface area contributed by atoms with Crippen molar-refractivity contribution in [1.29, 1.82) is 5.26 Å². The van der Waals surface area contributed by atoms with E-state index >= 15 is 0 Å². The molecule has 0 heterocycles. The van der Waals surface area contributed by atoms with E-state index in [9.17, 15) is 17.6 Å². The van der Waals surface area contributed by atoms with E-state index in [1.54, 1.807) is 13.8 Å². The van der Waals surface area contributed by atoms with Gasteiger partial charge in [0.25, 0.3) is 0 Å². The first-order valence-corrected chi connectivity index (χ1v) is 5.96. The Morgan fingerprint density at radius 2 is 1.80 bits per heavy atom. The largest absolute Gasteiger partial charge is 0.487 e. The molecule has 0 aliphatic rings. The van der Waals surface area contributed by atoms with E-state index < -0.39 is 34.6 Å². The highest BCUT2D eigenvalue weighted by atomic mass is 19.2. The lowest BCUT2D eigenvalue weighted by molar-refractivity contribution is 0.240. The summed E-state index contributed by atoms with van der Waals surface area (Å²) in [7, 11) is 0. The van der Waals surface area contributed by atoms with Gasteiger partial charge >= 0.3 is 0 Å². The summed E-state index contributed by atoms with van der Waals surface area (Å²) in [6.45, 7) is 3.62. The maximum atomic E-state index is 13.3. The lowest BCUT2D eigenvalue weighted by Gasteiger charge is -2.22. The highest BCUT2D eigenvalue weighted by molar-refractivity contribution is 5.28. The number of halogens is 4. The van der Waals surface area contributed by atoms with Crippen molar-refractivity contribution >= 4 is 0 Å². The second kappa shape index (κ2) is 6.57. The first kappa shape index (κ1) is 16.2. The summed E-state index contributed by atoms with van der Waals surface area (Å²) in [6, 6.07) is 2.10. The van der Waals surface area contributed by atoms with Gasteiger partial charge in [-0.2, -0.15) is 14.0 Å². The van der Waals surface area contributed by atoms with Crippen LogP contribution in [0.3, 0.4) is 0 Å². The van der Waals surface area contributed by atoms with Crippen LogP contribution < -0.4 is 10.1 Å². The molecular weight excluding hydrogens is 276 g/mol. The molecule has 0 radical (unpaired) electrons. The lowest BCUT2D eigenvalue weighted by atomic mass is 10.0. The number of nitrogens with one attached hydrogen (secondary N) is 1. The van der Waals surface area contributed by atoms with E-state index in [0.29, 0.717) is 6.54 Å². The molecule has 0 aromatic heterocycles. The predicted octanol–water partition coefficient (Wildman–Crippen LogP) is 2.90. The molecule has 1 rings (SSSR count). The van der Waals surface area contributed by atoms with E-state index in [0.717, 1.165) is 0 Å². The molecule has 1 N–H and O–H groups in total. The van der Waals surface area contributed by atoms with Crippen molar-refractivity contribution in [3.63, 3.8) is 0 Å². The molecule has 0 spiro atoms. The van der Waals surface area contributed by atoms with Gasteiger partial charge in [0.2, 0.25) is 11.6 Å². The van der Waals surface area contributed by atoms with Crippen LogP contribution in [0.4, 0.5) is 17.6 Å². The van der Waals surface area contributed by atoms with Gasteiger partial charge < -0.3 is 4.74 Å². The molecule has 0 saturated heterocycles. The summed E-state index contributed by atoms with van der Waals surface area (Å²) in [6.07, 6.45) is 0.0916. The van der Waals surface area contributed by atoms with Crippen LogP contribution in [0.1, 0.15) is 20.3 Å². The van der Waals surface area contributed by atoms with E-state index in [2.05, 4.69) is 5.32 Å². The Morgan fingerprint density at radius 1 is 1.25 bits per heavy atom. The minimum atomic E-state index is -1.59. The number of rotatable bonds is 6. The van der Waals surface area contributed by atoms with Crippen LogP contribution in [0, 0.1) is 34.6 Å². The summed E-state index contributed by atoms with van der Waals surface area (Å²) in [5.74, 6) is -7.36. The summed E-state index contributed by atoms with van der Waals surface area (Å²) < 4.78 is 57.2. The van der Waals surface area contributed by atoms with Crippen molar-refractivity contribution in [2.75, 3.05) is 13.2 Å². The van der Waals surface area contributed by atoms with Crippen LogP contribution in [0.15, 0.2) is 6.07 Å². The molecule has 0 saturated carbocycles. The number of nitrogens with zero attached hydrogens (tertiary/aromatic N) is 1. The Bertz CT molecular complexity index is 504. The number of hydrogen-bond donors (Lipinski definition) is 1. The van der Waals surface area contributed by atoms with Gasteiger partial charge in [0.05, 0.1) is 12.7 Å². The molecule has 0 fully saturated rings. The fourth-order valence-corrected chi connectivity index (χ4v) is 1.61. The van der Waals surface area contributed by atoms with E-state index in [4.69, 9.17) is 10.00 Å². The molecule has 1 aromatic rings. The predicted molar refractivity (Wildman–Crippen MR) is 64.1 cm³/mol. The fraction of sp³-hybridized carbons (Fsp3) is 0.462. The molecule has 110 valence electrons. The van der Waals surface area contributed by atoms with E-state index in [1.165, 1.54) is 0 Å². The molecule has 20 heavy (non-hydrogen) atoms. The molecule has 1 atom stereocenters. The molecule has 0 amide bonds. The SMILES string of the molecule is CCNC(C)(C#N)CCOc1c(F)c(F)cc(F)c1F. The Labute approximate surface area is 114 Å². The number of benzene rings is 1. The Hall–Kier alpha value is -1.81. The second-order valence-corrected chi connectivity index (χ2v) is 4.37. The Balaban J connectivity index is 2.79. The van der Waals surface area contributed by atoms with Gasteiger partial charge in [-0.1, -0.05) is 6.92 Å². The summed E-state index contributed by atoms with van der Waals surface area (Å²) in [4.78, 5) is 0. The molecule has 7 heteroatoms. The quantitative estimate of drug-likeness (QED) is 0.647. The van der Waals surface area contributed by atoms with Gasteiger partial charge in [-0.25, -0.2) is 8.78 Å². The fourth-order valence-electron chi connectivity index (χ4n) is 1.61. The summed E-state index contributed by atoms with van der Waals surface area (Å²) in [5, 5.41) is 11.8. The van der Waals surface area contributed by atoms with Gasteiger partial charge in [0.15, 0.2) is 17.4 Å². The van der Waals surface area contributed by atoms with Gasteiger partial charge in [-0.15, -0.1) is 0 Å². The van der Waals surface area contributed by atoms with Crippen LogP contribution in [-0.4, -0.2) is 18.7 Å². The van der Waals surface area contributed by atoms with Gasteiger partial charge in [0, 0.05) is 12.5 Å². The van der Waals surface area contributed by atoms with Gasteiger partial charge in [-0.3, -0.25) is 5.32 Å². The molecular formula is C13H14F4N2O. The summed E-state index contributed by atoms with van der Waals surface area (Å²) >= 11 is 0. The highest BCUT2D eigenvalue weighted by Crippen LogP contribution is 2.26. The molecule has 3 nitrogen and oxygen atoms in total. The van der Waals surface area contributed by atoms with Crippen molar-refractivity contribution in [1.82, 2.24) is 5.32 Å². The minimum Gasteiger partial charge on any atom is -0.487 e. The first-order chi connectivity index (χ1) is 9.34. The molecule has 1 unspecified atom stereocenters. The number of ether oxygens (including phenoxy) is 1. The van der Waals surface area contributed by atoms with Crippen molar-refractivity contribution in [3.8, 4) is 11.8 Å². The Kier molecular flexibility index (Phi) is 5.34. The third-order valence-electron chi connectivity index (χ3n) is 2.73. The minimum absolute atomic E-state index is 0.0916. The van der Waals surface area contributed by atoms with Gasteiger partial charge in [0.1, 0.15) is 5.54 Å². The number of hydrogen-bond acceptors (Lipinski definition) is 3. The zero-order chi connectivity index (χ0) is 15.3. The van der Waals surface area contributed by atoms with E-state index in [1.807, 2.05) is 6.07 Å². The van der Waals surface area contributed by atoms with Crippen LogP contribution in [0.2, 0.25) is 0 Å². The molecule has 0 aliphatic carbocycles. The second-order valence-electron chi connectivity index (χ2n) is 4.37. The highest BCUT2D eigenvalue weighted by Gasteiger charge is 2.24. The maximum absolute atomic E-state index is 13.3. The number of nitriles is 1. The topological polar surface area (TPSA) is 45.0 Å². The van der Waals surface area contributed by atoms with Crippen LogP contribution in [-0.2, 0) is 0 Å². The average Bonchev–Trinajstić information content (AvgIpc) is 2.41. The molecule has 0 bridgehead atoms. The average molecular weight is 290 g/mol. The molecule has 0 aliphatic heterocycles. The smallest absolute Gasteiger partial charge is 0.203 e. The normalized spacial score (nSPS) is 13.7. The maximum Gasteiger partial charge on any atom is 0.203 e. The van der Waals surface area contributed by atoms with Gasteiger partial charge in [-0.05, 0) is 13.5 Å². The zero-order valence-corrected chi connectivity index (χ0v) is 11.1. The zero-order valence-electron chi connectivity index (χ0n) is 11.1. The summed E-state index contributed by atoms with van der Waals surface area (Å²) in [5.41, 5.74) is -0.951. The van der Waals surface area contributed by atoms with Crippen molar-refractivity contribution < 1.29 is 22.3 Å². The molecule has 1 aromatic carbocycles. The standard InChI is InChI=1S/C13H14F4N2O/c1-3-19-13(2,7-18)4-5-20-12-10(16)8(14)6-9(15)11(12)17/h6,19H,3-5H2,1-2H3. The van der Waals surface area contributed by atoms with Crippen molar-refractivity contribution in [2.45, 2.75) is 25.8 Å². The third-order valence-corrected chi connectivity index (χ3v) is 2.73. The first-order valence-electron chi connectivity index (χ1n) is 5.96.